The number of anilines is 1. The van der Waals surface area contributed by atoms with Gasteiger partial charge >= 0.3 is 6.18 Å². The summed E-state index contributed by atoms with van der Waals surface area (Å²) < 4.78 is 44.3. The number of benzene rings is 2. The highest BCUT2D eigenvalue weighted by Crippen LogP contribution is 2.35. The monoisotopic (exact) mass is 378 g/mol. The van der Waals surface area contributed by atoms with Crippen molar-refractivity contribution in [2.45, 2.75) is 12.7 Å². The predicted octanol–water partition coefficient (Wildman–Crippen LogP) is 6.16. The summed E-state index contributed by atoms with van der Waals surface area (Å²) in [4.78, 5) is 3.97. The largest absolute Gasteiger partial charge is 0.456 e. The average molecular weight is 379 g/mol. The van der Waals surface area contributed by atoms with Gasteiger partial charge in [-0.2, -0.15) is 13.2 Å². The van der Waals surface area contributed by atoms with Gasteiger partial charge in [-0.1, -0.05) is 17.7 Å². The molecule has 2 aromatic carbocycles. The van der Waals surface area contributed by atoms with E-state index in [9.17, 15) is 13.2 Å². The molecule has 134 valence electrons. The zero-order valence-corrected chi connectivity index (χ0v) is 14.2. The lowest BCUT2D eigenvalue weighted by atomic mass is 10.1. The van der Waals surface area contributed by atoms with Gasteiger partial charge in [0.1, 0.15) is 11.5 Å². The summed E-state index contributed by atoms with van der Waals surface area (Å²) >= 11 is 5.62. The molecule has 0 saturated heterocycles. The van der Waals surface area contributed by atoms with Crippen molar-refractivity contribution in [2.24, 2.45) is 0 Å². The van der Waals surface area contributed by atoms with E-state index in [0.29, 0.717) is 17.1 Å². The van der Waals surface area contributed by atoms with Crippen LogP contribution in [0.3, 0.4) is 0 Å². The number of alkyl halides is 3. The summed E-state index contributed by atoms with van der Waals surface area (Å²) in [5.41, 5.74) is 0.406. The zero-order valence-electron chi connectivity index (χ0n) is 13.4. The molecule has 0 aliphatic carbocycles. The first-order chi connectivity index (χ1) is 12.4. The van der Waals surface area contributed by atoms with Crippen LogP contribution in [0, 0.1) is 0 Å². The number of halogens is 4. The molecule has 3 nitrogen and oxygen atoms in total. The van der Waals surface area contributed by atoms with Crippen LogP contribution in [0.2, 0.25) is 5.02 Å². The Morgan fingerprint density at radius 1 is 1.00 bits per heavy atom. The lowest BCUT2D eigenvalue weighted by Crippen LogP contribution is -2.08. The van der Waals surface area contributed by atoms with E-state index < -0.39 is 11.7 Å². The topological polar surface area (TPSA) is 34.1 Å². The van der Waals surface area contributed by atoms with Gasteiger partial charge in [-0.3, -0.25) is 4.98 Å². The van der Waals surface area contributed by atoms with Crippen molar-refractivity contribution < 1.29 is 17.9 Å². The Morgan fingerprint density at radius 3 is 2.42 bits per heavy atom. The summed E-state index contributed by atoms with van der Waals surface area (Å²) in [6.07, 6.45) is -1.22. The van der Waals surface area contributed by atoms with Gasteiger partial charge in [0.15, 0.2) is 0 Å². The first kappa shape index (κ1) is 18.1. The molecule has 0 aliphatic heterocycles. The Labute approximate surface area is 153 Å². The maximum atomic E-state index is 12.9. The third-order valence-corrected chi connectivity index (χ3v) is 3.89. The summed E-state index contributed by atoms with van der Waals surface area (Å²) in [5.74, 6) is 1.25. The Morgan fingerprint density at radius 2 is 1.77 bits per heavy atom. The van der Waals surface area contributed by atoms with Crippen molar-refractivity contribution in [3.63, 3.8) is 0 Å². The van der Waals surface area contributed by atoms with Crippen LogP contribution in [0.15, 0.2) is 67.0 Å². The highest BCUT2D eigenvalue weighted by Gasteiger charge is 2.33. The van der Waals surface area contributed by atoms with E-state index in [1.165, 1.54) is 6.07 Å². The minimum absolute atomic E-state index is 0.239. The van der Waals surface area contributed by atoms with Crippen molar-refractivity contribution in [1.82, 2.24) is 4.98 Å². The van der Waals surface area contributed by atoms with Crippen LogP contribution < -0.4 is 10.1 Å². The molecule has 0 spiro atoms. The molecular weight excluding hydrogens is 365 g/mol. The van der Waals surface area contributed by atoms with E-state index in [1.807, 2.05) is 0 Å². The molecule has 0 atom stereocenters. The van der Waals surface area contributed by atoms with Gasteiger partial charge in [-0.15, -0.1) is 0 Å². The lowest BCUT2D eigenvalue weighted by Gasteiger charge is -2.12. The van der Waals surface area contributed by atoms with Gasteiger partial charge in [0.05, 0.1) is 16.8 Å². The van der Waals surface area contributed by atoms with Crippen LogP contribution in [0.1, 0.15) is 11.1 Å². The fraction of sp³-hybridized carbons (Fsp3) is 0.105. The van der Waals surface area contributed by atoms with Gasteiger partial charge < -0.3 is 10.1 Å². The Balaban J connectivity index is 1.63. The van der Waals surface area contributed by atoms with Crippen molar-refractivity contribution >= 4 is 17.3 Å². The standard InChI is InChI=1S/C19H14ClF3N2O/c20-18-8-3-13(10-17(18)19(21,22)23)11-25-14-4-6-15(7-5-14)26-16-2-1-9-24-12-16/h1-10,12,25H,11H2. The molecule has 1 heterocycles. The van der Waals surface area contributed by atoms with Crippen molar-refractivity contribution in [2.75, 3.05) is 5.32 Å². The molecule has 0 amide bonds. The van der Waals surface area contributed by atoms with Crippen LogP contribution in [0.5, 0.6) is 11.5 Å². The fourth-order valence-electron chi connectivity index (χ4n) is 2.29. The highest BCUT2D eigenvalue weighted by molar-refractivity contribution is 6.31. The number of hydrogen-bond acceptors (Lipinski definition) is 3. The normalized spacial score (nSPS) is 11.2. The van der Waals surface area contributed by atoms with E-state index in [0.717, 1.165) is 11.8 Å². The van der Waals surface area contributed by atoms with Crippen LogP contribution in [0.25, 0.3) is 0 Å². The zero-order chi connectivity index (χ0) is 18.6. The Hall–Kier alpha value is -2.73. The molecular formula is C19H14ClF3N2O. The molecule has 1 N–H and O–H groups in total. The first-order valence-electron chi connectivity index (χ1n) is 7.69. The van der Waals surface area contributed by atoms with Crippen molar-refractivity contribution in [1.29, 1.82) is 0 Å². The number of hydrogen-bond donors (Lipinski definition) is 1. The van der Waals surface area contributed by atoms with E-state index in [-0.39, 0.29) is 11.6 Å². The molecule has 0 fully saturated rings. The lowest BCUT2D eigenvalue weighted by molar-refractivity contribution is -0.137. The quantitative estimate of drug-likeness (QED) is 0.577. The number of nitrogens with zero attached hydrogens (tertiary/aromatic N) is 1. The summed E-state index contributed by atoms with van der Waals surface area (Å²) in [7, 11) is 0. The third kappa shape index (κ3) is 4.67. The second-order valence-corrected chi connectivity index (χ2v) is 5.89. The summed E-state index contributed by atoms with van der Waals surface area (Å²) in [6, 6.07) is 14.5. The summed E-state index contributed by atoms with van der Waals surface area (Å²) in [5, 5.41) is 2.76. The van der Waals surface area contributed by atoms with Gasteiger partial charge in [-0.05, 0) is 54.1 Å². The number of aromatic nitrogens is 1. The second kappa shape index (κ2) is 7.66. The van der Waals surface area contributed by atoms with Crippen LogP contribution in [-0.4, -0.2) is 4.98 Å². The van der Waals surface area contributed by atoms with Gasteiger partial charge in [0.2, 0.25) is 0 Å². The third-order valence-electron chi connectivity index (χ3n) is 3.56. The van der Waals surface area contributed by atoms with Crippen molar-refractivity contribution in [3.8, 4) is 11.5 Å². The number of nitrogens with one attached hydrogen (secondary N) is 1. The number of ether oxygens (including phenoxy) is 1. The van der Waals surface area contributed by atoms with Crippen LogP contribution >= 0.6 is 11.6 Å². The Bertz CT molecular complexity index is 868. The molecule has 7 heteroatoms. The fourth-order valence-corrected chi connectivity index (χ4v) is 2.51. The molecule has 0 bridgehead atoms. The van der Waals surface area contributed by atoms with E-state index in [2.05, 4.69) is 10.3 Å². The van der Waals surface area contributed by atoms with E-state index in [4.69, 9.17) is 16.3 Å². The molecule has 3 rings (SSSR count). The number of pyridine rings is 1. The summed E-state index contributed by atoms with van der Waals surface area (Å²) in [6.45, 7) is 0.239. The minimum atomic E-state index is -4.47. The average Bonchev–Trinajstić information content (AvgIpc) is 2.62. The SMILES string of the molecule is FC(F)(F)c1cc(CNc2ccc(Oc3cccnc3)cc2)ccc1Cl. The minimum Gasteiger partial charge on any atom is -0.456 e. The molecule has 0 saturated carbocycles. The van der Waals surface area contributed by atoms with Gasteiger partial charge in [0, 0.05) is 18.4 Å². The van der Waals surface area contributed by atoms with Gasteiger partial charge in [0.25, 0.3) is 0 Å². The molecule has 0 aliphatic rings. The smallest absolute Gasteiger partial charge is 0.417 e. The van der Waals surface area contributed by atoms with Crippen LogP contribution in [-0.2, 0) is 12.7 Å². The molecule has 0 radical (unpaired) electrons. The Kier molecular flexibility index (Phi) is 5.32. The van der Waals surface area contributed by atoms with E-state index in [1.54, 1.807) is 54.9 Å². The van der Waals surface area contributed by atoms with Gasteiger partial charge in [-0.25, -0.2) is 0 Å². The first-order valence-corrected chi connectivity index (χ1v) is 8.07. The maximum absolute atomic E-state index is 12.9. The highest BCUT2D eigenvalue weighted by atomic mass is 35.5. The molecule has 1 aromatic heterocycles. The second-order valence-electron chi connectivity index (χ2n) is 5.48. The number of rotatable bonds is 5. The maximum Gasteiger partial charge on any atom is 0.417 e. The van der Waals surface area contributed by atoms with E-state index >= 15 is 0 Å². The predicted molar refractivity (Wildman–Crippen MR) is 94.5 cm³/mol. The molecule has 0 unspecified atom stereocenters. The van der Waals surface area contributed by atoms with Crippen molar-refractivity contribution in [3.05, 3.63) is 83.1 Å². The molecule has 3 aromatic rings. The molecule has 26 heavy (non-hydrogen) atoms. The van der Waals surface area contributed by atoms with Crippen LogP contribution in [0.4, 0.5) is 18.9 Å².